The second-order valence-corrected chi connectivity index (χ2v) is 7.10. The van der Waals surface area contributed by atoms with E-state index >= 15 is 0 Å². The number of nitro groups is 1. The van der Waals surface area contributed by atoms with Crippen LogP contribution in [0.1, 0.15) is 11.1 Å². The molecule has 0 unspecified atom stereocenters. The van der Waals surface area contributed by atoms with Gasteiger partial charge in [0.05, 0.1) is 4.92 Å². The first-order chi connectivity index (χ1) is 15.5. The van der Waals surface area contributed by atoms with E-state index < -0.39 is 16.9 Å². The highest BCUT2D eigenvalue weighted by atomic mass is 16.6. The van der Waals surface area contributed by atoms with E-state index in [0.29, 0.717) is 11.3 Å². The summed E-state index contributed by atoms with van der Waals surface area (Å²) in [7, 11) is 0. The summed E-state index contributed by atoms with van der Waals surface area (Å²) < 4.78 is 6.01. The summed E-state index contributed by atoms with van der Waals surface area (Å²) in [6.45, 7) is 3.86. The van der Waals surface area contributed by atoms with Crippen LogP contribution in [-0.2, 0) is 11.4 Å². The number of nitrogens with zero attached hydrogens (tertiary/aromatic N) is 2. The number of carbonyl (C=O) groups is 2. The topological polar surface area (TPSA) is 102 Å². The van der Waals surface area contributed by atoms with E-state index in [1.807, 2.05) is 30.3 Å². The largest absolute Gasteiger partial charge is 0.488 e. The number of rotatable bonds is 7. The molecule has 0 bridgehead atoms. The van der Waals surface area contributed by atoms with Crippen molar-refractivity contribution in [1.29, 1.82) is 0 Å². The monoisotopic (exact) mass is 429 g/mol. The lowest BCUT2D eigenvalue weighted by atomic mass is 10.0. The Morgan fingerprint density at radius 2 is 1.81 bits per heavy atom. The Kier molecular flexibility index (Phi) is 5.67. The van der Waals surface area contributed by atoms with Gasteiger partial charge in [0.1, 0.15) is 18.1 Å². The average Bonchev–Trinajstić information content (AvgIpc) is 3.06. The van der Waals surface area contributed by atoms with E-state index in [1.54, 1.807) is 24.3 Å². The highest BCUT2D eigenvalue weighted by molar-refractivity contribution is 6.15. The fourth-order valence-electron chi connectivity index (χ4n) is 3.44. The second kappa shape index (κ2) is 8.73. The third-order valence-corrected chi connectivity index (χ3v) is 5.03. The molecule has 3 aromatic carbocycles. The van der Waals surface area contributed by atoms with Gasteiger partial charge >= 0.3 is 6.03 Å². The Balaban J connectivity index is 1.69. The number of urea groups is 1. The minimum absolute atomic E-state index is 0.00411. The number of nitrogens with one attached hydrogen (secondary N) is 1. The molecule has 8 heteroatoms. The first-order valence-corrected chi connectivity index (χ1v) is 9.81. The third-order valence-electron chi connectivity index (χ3n) is 5.03. The van der Waals surface area contributed by atoms with Crippen molar-refractivity contribution in [2.24, 2.45) is 0 Å². The van der Waals surface area contributed by atoms with Gasteiger partial charge in [-0.1, -0.05) is 36.4 Å². The molecule has 8 nitrogen and oxygen atoms in total. The van der Waals surface area contributed by atoms with Crippen molar-refractivity contribution in [3.8, 4) is 5.75 Å². The summed E-state index contributed by atoms with van der Waals surface area (Å²) in [6.07, 6.45) is 3.09. The van der Waals surface area contributed by atoms with Gasteiger partial charge in [-0.3, -0.25) is 19.8 Å². The predicted molar refractivity (Wildman–Crippen MR) is 120 cm³/mol. The van der Waals surface area contributed by atoms with Gasteiger partial charge in [-0.25, -0.2) is 4.79 Å². The standard InChI is InChI=1S/C24H19N3O5/c1-2-13-26-23(28)21(25-24(26)29)14-20-19-6-4-3-5-17(19)9-12-22(20)32-15-16-7-10-18(11-8-16)27(30)31/h2-12,14H,1,13,15H2,(H,25,29)/b21-14+. The van der Waals surface area contributed by atoms with Gasteiger partial charge in [0.2, 0.25) is 0 Å². The van der Waals surface area contributed by atoms with Gasteiger partial charge in [0, 0.05) is 24.2 Å². The van der Waals surface area contributed by atoms with Crippen molar-refractivity contribution >= 4 is 34.5 Å². The Labute approximate surface area is 183 Å². The minimum atomic E-state index is -0.505. The maximum atomic E-state index is 12.7. The van der Waals surface area contributed by atoms with E-state index in [9.17, 15) is 19.7 Å². The predicted octanol–water partition coefficient (Wildman–Crippen LogP) is 4.41. The van der Waals surface area contributed by atoms with Gasteiger partial charge in [-0.15, -0.1) is 6.58 Å². The van der Waals surface area contributed by atoms with Crippen molar-refractivity contribution < 1.29 is 19.2 Å². The number of ether oxygens (including phenoxy) is 1. The smallest absolute Gasteiger partial charge is 0.329 e. The first kappa shape index (κ1) is 20.8. The molecular weight excluding hydrogens is 410 g/mol. The van der Waals surface area contributed by atoms with Crippen LogP contribution in [0.4, 0.5) is 10.5 Å². The van der Waals surface area contributed by atoms with Crippen molar-refractivity contribution in [2.45, 2.75) is 6.61 Å². The van der Waals surface area contributed by atoms with Crippen LogP contribution in [0.2, 0.25) is 0 Å². The van der Waals surface area contributed by atoms with Crippen molar-refractivity contribution in [3.63, 3.8) is 0 Å². The van der Waals surface area contributed by atoms with Crippen molar-refractivity contribution in [1.82, 2.24) is 10.2 Å². The van der Waals surface area contributed by atoms with Crippen LogP contribution < -0.4 is 10.1 Å². The molecule has 3 amide bonds. The van der Waals surface area contributed by atoms with E-state index in [2.05, 4.69) is 11.9 Å². The molecule has 0 aliphatic carbocycles. The van der Waals surface area contributed by atoms with Crippen LogP contribution in [0.25, 0.3) is 16.8 Å². The SMILES string of the molecule is C=CCN1C(=O)N/C(=C/c2c(OCc3ccc([N+](=O)[O-])cc3)ccc3ccccc23)C1=O. The van der Waals surface area contributed by atoms with Crippen LogP contribution in [-0.4, -0.2) is 28.3 Å². The fraction of sp³-hybridized carbons (Fsp3) is 0.0833. The molecule has 160 valence electrons. The first-order valence-electron chi connectivity index (χ1n) is 9.81. The minimum Gasteiger partial charge on any atom is -0.488 e. The van der Waals surface area contributed by atoms with Gasteiger partial charge in [-0.2, -0.15) is 0 Å². The zero-order valence-corrected chi connectivity index (χ0v) is 17.0. The molecular formula is C24H19N3O5. The molecule has 4 rings (SSSR count). The zero-order valence-electron chi connectivity index (χ0n) is 17.0. The molecule has 1 saturated heterocycles. The van der Waals surface area contributed by atoms with E-state index in [4.69, 9.17) is 4.74 Å². The van der Waals surface area contributed by atoms with Gasteiger partial charge in [0.15, 0.2) is 0 Å². The van der Waals surface area contributed by atoms with Gasteiger partial charge in [0.25, 0.3) is 11.6 Å². The number of amides is 3. The molecule has 0 atom stereocenters. The Morgan fingerprint density at radius 1 is 1.06 bits per heavy atom. The van der Waals surface area contributed by atoms with E-state index in [1.165, 1.54) is 18.2 Å². The summed E-state index contributed by atoms with van der Waals surface area (Å²) in [5.74, 6) is 0.0722. The van der Waals surface area contributed by atoms with Crippen LogP contribution in [0.3, 0.4) is 0 Å². The second-order valence-electron chi connectivity index (χ2n) is 7.10. The van der Waals surface area contributed by atoms with Crippen LogP contribution in [0, 0.1) is 10.1 Å². The average molecular weight is 429 g/mol. The molecule has 3 aromatic rings. The maximum absolute atomic E-state index is 12.7. The molecule has 0 saturated carbocycles. The summed E-state index contributed by atoms with van der Waals surface area (Å²) >= 11 is 0. The summed E-state index contributed by atoms with van der Waals surface area (Å²) in [5, 5.41) is 15.2. The molecule has 0 aromatic heterocycles. The molecule has 1 N–H and O–H groups in total. The molecule has 1 aliphatic heterocycles. The highest BCUT2D eigenvalue weighted by Gasteiger charge is 2.32. The zero-order chi connectivity index (χ0) is 22.7. The summed E-state index contributed by atoms with van der Waals surface area (Å²) in [5.41, 5.74) is 1.55. The third kappa shape index (κ3) is 4.06. The van der Waals surface area contributed by atoms with Crippen molar-refractivity contribution in [3.05, 3.63) is 100 Å². The Morgan fingerprint density at radius 3 is 2.53 bits per heavy atom. The lowest BCUT2D eigenvalue weighted by Crippen LogP contribution is -2.30. The lowest BCUT2D eigenvalue weighted by molar-refractivity contribution is -0.384. The number of hydrogen-bond acceptors (Lipinski definition) is 5. The summed E-state index contributed by atoms with van der Waals surface area (Å²) in [6, 6.07) is 16.9. The fourth-order valence-corrected chi connectivity index (χ4v) is 3.44. The number of hydrogen-bond donors (Lipinski definition) is 1. The van der Waals surface area contributed by atoms with Crippen molar-refractivity contribution in [2.75, 3.05) is 6.54 Å². The van der Waals surface area contributed by atoms with Crippen LogP contribution in [0.5, 0.6) is 5.75 Å². The van der Waals surface area contributed by atoms with E-state index in [-0.39, 0.29) is 24.5 Å². The number of carbonyl (C=O) groups excluding carboxylic acids is 2. The number of benzene rings is 3. The highest BCUT2D eigenvalue weighted by Crippen LogP contribution is 2.31. The number of imide groups is 1. The van der Waals surface area contributed by atoms with Gasteiger partial charge < -0.3 is 10.1 Å². The number of nitro benzene ring substituents is 1. The molecule has 1 aliphatic rings. The molecule has 1 fully saturated rings. The molecule has 1 heterocycles. The Hall–Kier alpha value is -4.46. The van der Waals surface area contributed by atoms with E-state index in [0.717, 1.165) is 21.2 Å². The normalized spacial score (nSPS) is 14.6. The maximum Gasteiger partial charge on any atom is 0.329 e. The summed E-state index contributed by atoms with van der Waals surface area (Å²) in [4.78, 5) is 36.2. The number of non-ortho nitro benzene ring substituents is 1. The van der Waals surface area contributed by atoms with Crippen LogP contribution in [0.15, 0.2) is 79.0 Å². The molecule has 0 radical (unpaired) electrons. The molecule has 0 spiro atoms. The van der Waals surface area contributed by atoms with Gasteiger partial charge in [-0.05, 0) is 40.6 Å². The quantitative estimate of drug-likeness (QED) is 0.197. The Bertz CT molecular complexity index is 1260. The lowest BCUT2D eigenvalue weighted by Gasteiger charge is -2.13. The number of fused-ring (bicyclic) bond motifs is 1. The molecule has 32 heavy (non-hydrogen) atoms. The van der Waals surface area contributed by atoms with Crippen LogP contribution >= 0.6 is 0 Å².